The van der Waals surface area contributed by atoms with E-state index in [0.717, 1.165) is 12.8 Å². The Labute approximate surface area is 70.5 Å². The largest absolute Gasteiger partial charge is 0.467 e. The van der Waals surface area contributed by atoms with E-state index < -0.39 is 11.7 Å². The number of methoxy groups -OCH3 is 1. The van der Waals surface area contributed by atoms with E-state index >= 15 is 0 Å². The smallest absolute Gasteiger partial charge is 0.341 e. The predicted octanol–water partition coefficient (Wildman–Crippen LogP) is -0.158. The number of aliphatic hydroxyl groups is 1. The molecule has 1 aliphatic carbocycles. The van der Waals surface area contributed by atoms with Crippen molar-refractivity contribution in [1.29, 1.82) is 0 Å². The normalized spacial score (nSPS) is 44.8. The molecule has 1 saturated heterocycles. The molecule has 0 radical (unpaired) electrons. The second-order valence-electron chi connectivity index (χ2n) is 3.38. The molecule has 0 unspecified atom stereocenters. The summed E-state index contributed by atoms with van der Waals surface area (Å²) in [7, 11) is 1.34. The number of ether oxygens (including phenoxy) is 2. The fourth-order valence-corrected chi connectivity index (χ4v) is 1.95. The van der Waals surface area contributed by atoms with Crippen LogP contribution in [0.5, 0.6) is 0 Å². The van der Waals surface area contributed by atoms with Crippen LogP contribution in [0.15, 0.2) is 0 Å². The monoisotopic (exact) mass is 172 g/mol. The van der Waals surface area contributed by atoms with Crippen LogP contribution >= 0.6 is 0 Å². The van der Waals surface area contributed by atoms with Crippen LogP contribution in [0.2, 0.25) is 0 Å². The third-order valence-electron chi connectivity index (χ3n) is 2.67. The van der Waals surface area contributed by atoms with E-state index in [-0.39, 0.29) is 12.1 Å². The van der Waals surface area contributed by atoms with Gasteiger partial charge in [0.25, 0.3) is 0 Å². The van der Waals surface area contributed by atoms with Crippen molar-refractivity contribution in [3.8, 4) is 0 Å². The Morgan fingerprint density at radius 1 is 1.75 bits per heavy atom. The average Bonchev–Trinajstić information content (AvgIpc) is 2.80. The molecule has 1 heterocycles. The number of hydrogen-bond donors (Lipinski definition) is 1. The molecule has 0 aromatic heterocycles. The van der Waals surface area contributed by atoms with Gasteiger partial charge in [-0.2, -0.15) is 0 Å². The summed E-state index contributed by atoms with van der Waals surface area (Å²) >= 11 is 0. The molecule has 4 nitrogen and oxygen atoms in total. The van der Waals surface area contributed by atoms with Gasteiger partial charge in [0.15, 0.2) is 5.60 Å². The standard InChI is InChI=1S/C8H12O4/c1-11-7(10)8-4-2-3-5(9)6(8)12-8/h5-6,9H,2-4H2,1H3/t5-,6-,8+/m1/s1. The van der Waals surface area contributed by atoms with Gasteiger partial charge in [0.05, 0.1) is 13.2 Å². The lowest BCUT2D eigenvalue weighted by atomic mass is 9.87. The molecule has 12 heavy (non-hydrogen) atoms. The van der Waals surface area contributed by atoms with Gasteiger partial charge >= 0.3 is 5.97 Å². The molecule has 2 aliphatic rings. The van der Waals surface area contributed by atoms with Crippen molar-refractivity contribution in [3.63, 3.8) is 0 Å². The van der Waals surface area contributed by atoms with Gasteiger partial charge in [-0.15, -0.1) is 0 Å². The summed E-state index contributed by atoms with van der Waals surface area (Å²) in [4.78, 5) is 11.2. The Balaban J connectivity index is 2.10. The van der Waals surface area contributed by atoms with Crippen LogP contribution in [0.1, 0.15) is 19.3 Å². The number of aliphatic hydroxyl groups excluding tert-OH is 1. The van der Waals surface area contributed by atoms with Gasteiger partial charge in [-0.05, 0) is 19.3 Å². The number of rotatable bonds is 1. The Kier molecular flexibility index (Phi) is 1.63. The van der Waals surface area contributed by atoms with E-state index in [1.807, 2.05) is 0 Å². The molecular weight excluding hydrogens is 160 g/mol. The van der Waals surface area contributed by atoms with E-state index in [9.17, 15) is 9.90 Å². The van der Waals surface area contributed by atoms with Crippen molar-refractivity contribution in [2.45, 2.75) is 37.1 Å². The molecule has 2 fully saturated rings. The Morgan fingerprint density at radius 2 is 2.50 bits per heavy atom. The highest BCUT2D eigenvalue weighted by molar-refractivity contribution is 5.83. The lowest BCUT2D eigenvalue weighted by molar-refractivity contribution is -0.147. The second kappa shape index (κ2) is 2.44. The van der Waals surface area contributed by atoms with Gasteiger partial charge in [-0.25, -0.2) is 4.79 Å². The number of hydrogen-bond acceptors (Lipinski definition) is 4. The summed E-state index contributed by atoms with van der Waals surface area (Å²) in [5.41, 5.74) is -0.785. The Bertz CT molecular complexity index is 215. The fraction of sp³-hybridized carbons (Fsp3) is 0.875. The molecule has 1 saturated carbocycles. The first-order chi connectivity index (χ1) is 5.70. The van der Waals surface area contributed by atoms with Crippen molar-refractivity contribution in [1.82, 2.24) is 0 Å². The summed E-state index contributed by atoms with van der Waals surface area (Å²) in [5.74, 6) is -0.341. The summed E-state index contributed by atoms with van der Waals surface area (Å²) in [5, 5.41) is 9.40. The van der Waals surface area contributed by atoms with Crippen LogP contribution < -0.4 is 0 Å². The molecular formula is C8H12O4. The molecule has 0 bridgehead atoms. The van der Waals surface area contributed by atoms with Crippen LogP contribution in [0.25, 0.3) is 0 Å². The van der Waals surface area contributed by atoms with Crippen molar-refractivity contribution >= 4 is 5.97 Å². The number of fused-ring (bicyclic) bond motifs is 1. The zero-order chi connectivity index (χ0) is 8.77. The highest BCUT2D eigenvalue weighted by Gasteiger charge is 2.67. The minimum Gasteiger partial charge on any atom is -0.467 e. The molecule has 4 heteroatoms. The van der Waals surface area contributed by atoms with Crippen LogP contribution in [0.3, 0.4) is 0 Å². The predicted molar refractivity (Wildman–Crippen MR) is 39.5 cm³/mol. The number of epoxide rings is 1. The minimum absolute atomic E-state index is 0.307. The maximum atomic E-state index is 11.2. The molecule has 2 rings (SSSR count). The van der Waals surface area contributed by atoms with Crippen LogP contribution in [-0.4, -0.2) is 36.0 Å². The van der Waals surface area contributed by atoms with E-state index in [4.69, 9.17) is 4.74 Å². The molecule has 1 N–H and O–H groups in total. The molecule has 1 aliphatic heterocycles. The summed E-state index contributed by atoms with van der Waals surface area (Å²) in [6, 6.07) is 0. The minimum atomic E-state index is -0.785. The Hall–Kier alpha value is -0.610. The summed E-state index contributed by atoms with van der Waals surface area (Å²) in [6.45, 7) is 0. The first-order valence-electron chi connectivity index (χ1n) is 4.15. The van der Waals surface area contributed by atoms with Crippen molar-refractivity contribution in [2.75, 3.05) is 7.11 Å². The maximum absolute atomic E-state index is 11.2. The van der Waals surface area contributed by atoms with E-state index in [1.165, 1.54) is 7.11 Å². The van der Waals surface area contributed by atoms with Crippen molar-refractivity contribution in [3.05, 3.63) is 0 Å². The average molecular weight is 172 g/mol. The molecule has 0 amide bonds. The molecule has 0 aromatic rings. The van der Waals surface area contributed by atoms with E-state index in [1.54, 1.807) is 0 Å². The van der Waals surface area contributed by atoms with Gasteiger partial charge < -0.3 is 14.6 Å². The second-order valence-corrected chi connectivity index (χ2v) is 3.38. The molecule has 0 aromatic carbocycles. The number of carbonyl (C=O) groups excluding carboxylic acids is 1. The highest BCUT2D eigenvalue weighted by Crippen LogP contribution is 2.48. The first-order valence-corrected chi connectivity index (χ1v) is 4.15. The van der Waals surface area contributed by atoms with Crippen LogP contribution in [-0.2, 0) is 14.3 Å². The topological polar surface area (TPSA) is 59.1 Å². The number of carbonyl (C=O) groups is 1. The molecule has 0 spiro atoms. The third-order valence-corrected chi connectivity index (χ3v) is 2.67. The van der Waals surface area contributed by atoms with Gasteiger partial charge in [-0.1, -0.05) is 0 Å². The fourth-order valence-electron chi connectivity index (χ4n) is 1.95. The zero-order valence-electron chi connectivity index (χ0n) is 6.95. The highest BCUT2D eigenvalue weighted by atomic mass is 16.7. The van der Waals surface area contributed by atoms with Gasteiger partial charge in [-0.3, -0.25) is 0 Å². The first kappa shape index (κ1) is 8.01. The lowest BCUT2D eigenvalue weighted by Gasteiger charge is -2.18. The number of esters is 1. The molecule has 68 valence electrons. The van der Waals surface area contributed by atoms with Crippen molar-refractivity contribution in [2.24, 2.45) is 0 Å². The quantitative estimate of drug-likeness (QED) is 0.441. The Morgan fingerprint density at radius 3 is 3.17 bits per heavy atom. The van der Waals surface area contributed by atoms with Gasteiger partial charge in [0.2, 0.25) is 0 Å². The van der Waals surface area contributed by atoms with Gasteiger partial charge in [0, 0.05) is 0 Å². The van der Waals surface area contributed by atoms with Crippen LogP contribution in [0.4, 0.5) is 0 Å². The SMILES string of the molecule is COC(=O)[C@]12CCC[C@@H](O)[C@H]1O2. The van der Waals surface area contributed by atoms with E-state index in [0.29, 0.717) is 6.42 Å². The summed E-state index contributed by atoms with van der Waals surface area (Å²) < 4.78 is 9.81. The molecule has 3 atom stereocenters. The van der Waals surface area contributed by atoms with E-state index in [2.05, 4.69) is 4.74 Å². The van der Waals surface area contributed by atoms with Crippen LogP contribution in [0, 0.1) is 0 Å². The van der Waals surface area contributed by atoms with Gasteiger partial charge in [0.1, 0.15) is 6.10 Å². The van der Waals surface area contributed by atoms with Crippen molar-refractivity contribution < 1.29 is 19.4 Å². The zero-order valence-corrected chi connectivity index (χ0v) is 6.95. The summed E-state index contributed by atoms with van der Waals surface area (Å²) in [6.07, 6.45) is 1.44. The maximum Gasteiger partial charge on any atom is 0.341 e. The lowest BCUT2D eigenvalue weighted by Crippen LogP contribution is -2.36. The third kappa shape index (κ3) is 0.881.